The zero-order valence-electron chi connectivity index (χ0n) is 12.1. The number of hydrogen-bond donors (Lipinski definition) is 0. The van der Waals surface area contributed by atoms with E-state index in [2.05, 4.69) is 6.92 Å². The number of nitriles is 1. The lowest BCUT2D eigenvalue weighted by Crippen LogP contribution is -2.53. The first-order chi connectivity index (χ1) is 8.77. The maximum absolute atomic E-state index is 12.5. The smallest absolute Gasteiger partial charge is 0.178 e. The number of ketones is 2. The summed E-state index contributed by atoms with van der Waals surface area (Å²) in [5, 5.41) is 9.13. The summed E-state index contributed by atoms with van der Waals surface area (Å²) < 4.78 is 0. The fourth-order valence-electron chi connectivity index (χ4n) is 3.83. The van der Waals surface area contributed by atoms with Gasteiger partial charge in [0.1, 0.15) is 11.9 Å². The lowest BCUT2D eigenvalue weighted by molar-refractivity contribution is -0.143. The minimum absolute atomic E-state index is 0.01000. The summed E-state index contributed by atoms with van der Waals surface area (Å²) in [7, 11) is 0. The van der Waals surface area contributed by atoms with Crippen LogP contribution in [0.5, 0.6) is 0 Å². The van der Waals surface area contributed by atoms with Crippen LogP contribution in [0.2, 0.25) is 0 Å². The van der Waals surface area contributed by atoms with Crippen LogP contribution in [-0.2, 0) is 9.59 Å². The Morgan fingerprint density at radius 1 is 1.37 bits per heavy atom. The molecule has 3 atom stereocenters. The van der Waals surface area contributed by atoms with Crippen LogP contribution < -0.4 is 0 Å². The van der Waals surface area contributed by atoms with E-state index in [0.29, 0.717) is 12.3 Å². The van der Waals surface area contributed by atoms with Crippen LogP contribution in [0.15, 0.2) is 11.6 Å². The standard InChI is InChI=1S/C16H21NO2/c1-5-10-6-12-15(2,3)14(19)11(9-17)8-16(12,4)13(18)7-10/h8,10,12H,5-7H2,1-4H3/t10-,12+,16+/m1/s1. The van der Waals surface area contributed by atoms with E-state index >= 15 is 0 Å². The van der Waals surface area contributed by atoms with E-state index < -0.39 is 10.8 Å². The molecule has 0 aromatic heterocycles. The highest BCUT2D eigenvalue weighted by Gasteiger charge is 2.56. The van der Waals surface area contributed by atoms with Crippen LogP contribution >= 0.6 is 0 Å². The third-order valence-corrected chi connectivity index (χ3v) is 5.21. The summed E-state index contributed by atoms with van der Waals surface area (Å²) >= 11 is 0. The normalized spacial score (nSPS) is 37.3. The van der Waals surface area contributed by atoms with Crippen molar-refractivity contribution in [3.63, 3.8) is 0 Å². The van der Waals surface area contributed by atoms with Gasteiger partial charge in [-0.05, 0) is 31.3 Å². The number of Topliss-reactive ketones (excluding diaryl/α,β-unsaturated/α-hetero) is 2. The number of carbonyl (C=O) groups excluding carboxylic acids is 2. The van der Waals surface area contributed by atoms with Gasteiger partial charge in [0.15, 0.2) is 5.78 Å². The third-order valence-electron chi connectivity index (χ3n) is 5.21. The molecule has 3 nitrogen and oxygen atoms in total. The van der Waals surface area contributed by atoms with Gasteiger partial charge in [-0.3, -0.25) is 9.59 Å². The Morgan fingerprint density at radius 2 is 2.00 bits per heavy atom. The van der Waals surface area contributed by atoms with Gasteiger partial charge < -0.3 is 0 Å². The van der Waals surface area contributed by atoms with E-state index in [1.165, 1.54) is 0 Å². The minimum atomic E-state index is -0.645. The molecule has 0 aliphatic heterocycles. The summed E-state index contributed by atoms with van der Waals surface area (Å²) in [6.07, 6.45) is 4.08. The predicted molar refractivity (Wildman–Crippen MR) is 72.1 cm³/mol. The molecular weight excluding hydrogens is 238 g/mol. The van der Waals surface area contributed by atoms with Crippen molar-refractivity contribution in [2.45, 2.75) is 47.0 Å². The lowest BCUT2D eigenvalue weighted by atomic mass is 9.50. The molecule has 2 aliphatic rings. The number of allylic oxidation sites excluding steroid dienone is 2. The highest BCUT2D eigenvalue weighted by molar-refractivity contribution is 6.06. The van der Waals surface area contributed by atoms with Crippen LogP contribution in [0.1, 0.15) is 47.0 Å². The van der Waals surface area contributed by atoms with Crippen LogP contribution in [0.3, 0.4) is 0 Å². The van der Waals surface area contributed by atoms with Gasteiger partial charge in [-0.15, -0.1) is 0 Å². The van der Waals surface area contributed by atoms with E-state index in [9.17, 15) is 9.59 Å². The molecule has 3 heteroatoms. The molecule has 0 bridgehead atoms. The summed E-state index contributed by atoms with van der Waals surface area (Å²) in [5.74, 6) is 0.455. The molecule has 0 saturated heterocycles. The molecule has 0 radical (unpaired) electrons. The third kappa shape index (κ3) is 1.85. The minimum Gasteiger partial charge on any atom is -0.299 e. The van der Waals surface area contributed by atoms with Gasteiger partial charge in [-0.2, -0.15) is 5.26 Å². The number of fused-ring (bicyclic) bond motifs is 1. The van der Waals surface area contributed by atoms with Crippen molar-refractivity contribution in [2.75, 3.05) is 0 Å². The fraction of sp³-hybridized carbons (Fsp3) is 0.688. The van der Waals surface area contributed by atoms with Crippen LogP contribution in [0, 0.1) is 34.0 Å². The Balaban J connectivity index is 2.57. The molecule has 2 aliphatic carbocycles. The van der Waals surface area contributed by atoms with Crippen molar-refractivity contribution in [1.82, 2.24) is 0 Å². The molecule has 19 heavy (non-hydrogen) atoms. The zero-order valence-corrected chi connectivity index (χ0v) is 12.1. The molecule has 1 saturated carbocycles. The van der Waals surface area contributed by atoms with Crippen molar-refractivity contribution < 1.29 is 9.59 Å². The van der Waals surface area contributed by atoms with Crippen LogP contribution in [-0.4, -0.2) is 11.6 Å². The highest BCUT2D eigenvalue weighted by Crippen LogP contribution is 2.55. The van der Waals surface area contributed by atoms with Gasteiger partial charge >= 0.3 is 0 Å². The molecule has 1 fully saturated rings. The number of rotatable bonds is 1. The zero-order chi connectivity index (χ0) is 14.4. The van der Waals surface area contributed by atoms with E-state index in [-0.39, 0.29) is 23.1 Å². The first kappa shape index (κ1) is 14.0. The van der Waals surface area contributed by atoms with Gasteiger partial charge in [0.25, 0.3) is 0 Å². The molecule has 0 aromatic rings. The van der Waals surface area contributed by atoms with Gasteiger partial charge in [0, 0.05) is 17.3 Å². The fourth-order valence-corrected chi connectivity index (χ4v) is 3.83. The van der Waals surface area contributed by atoms with E-state index in [0.717, 1.165) is 12.8 Å². The highest BCUT2D eigenvalue weighted by atomic mass is 16.1. The molecule has 0 heterocycles. The quantitative estimate of drug-likeness (QED) is 0.727. The summed E-state index contributed by atoms with van der Waals surface area (Å²) in [4.78, 5) is 24.9. The Bertz CT molecular complexity index is 509. The summed E-state index contributed by atoms with van der Waals surface area (Å²) in [6, 6.07) is 1.97. The van der Waals surface area contributed by atoms with Crippen LogP contribution in [0.4, 0.5) is 0 Å². The van der Waals surface area contributed by atoms with E-state index in [4.69, 9.17) is 5.26 Å². The molecule has 0 unspecified atom stereocenters. The Morgan fingerprint density at radius 3 is 2.53 bits per heavy atom. The molecule has 102 valence electrons. The summed E-state index contributed by atoms with van der Waals surface area (Å²) in [5.41, 5.74) is -1.11. The van der Waals surface area contributed by atoms with Gasteiger partial charge in [0.05, 0.1) is 5.57 Å². The van der Waals surface area contributed by atoms with Gasteiger partial charge in [-0.1, -0.05) is 27.2 Å². The largest absolute Gasteiger partial charge is 0.299 e. The first-order valence-electron chi connectivity index (χ1n) is 6.98. The van der Waals surface area contributed by atoms with Crippen molar-refractivity contribution in [3.8, 4) is 6.07 Å². The second-order valence-electron chi connectivity index (χ2n) is 6.69. The molecule has 0 spiro atoms. The number of carbonyl (C=O) groups is 2. The average molecular weight is 259 g/mol. The number of nitrogens with zero attached hydrogens (tertiary/aromatic N) is 1. The monoisotopic (exact) mass is 259 g/mol. The van der Waals surface area contributed by atoms with Gasteiger partial charge in [-0.25, -0.2) is 0 Å². The Labute approximate surface area is 114 Å². The lowest BCUT2D eigenvalue weighted by Gasteiger charge is -2.50. The SMILES string of the molecule is CC[C@H]1CC(=O)[C@@]2(C)C=C(C#N)C(=O)C(C)(C)[C@@H]2C1. The average Bonchev–Trinajstić information content (AvgIpc) is 2.36. The van der Waals surface area contributed by atoms with Crippen molar-refractivity contribution in [3.05, 3.63) is 11.6 Å². The van der Waals surface area contributed by atoms with Gasteiger partial charge in [0.2, 0.25) is 0 Å². The topological polar surface area (TPSA) is 57.9 Å². The second-order valence-corrected chi connectivity index (χ2v) is 6.69. The molecule has 0 aromatic carbocycles. The van der Waals surface area contributed by atoms with E-state index in [1.54, 1.807) is 6.08 Å². The van der Waals surface area contributed by atoms with Crippen molar-refractivity contribution >= 4 is 11.6 Å². The molecule has 0 amide bonds. The van der Waals surface area contributed by atoms with Crippen molar-refractivity contribution in [2.24, 2.45) is 22.7 Å². The van der Waals surface area contributed by atoms with Crippen molar-refractivity contribution in [1.29, 1.82) is 5.26 Å². The predicted octanol–water partition coefficient (Wildman–Crippen LogP) is 3.06. The van der Waals surface area contributed by atoms with Crippen LogP contribution in [0.25, 0.3) is 0 Å². The molecular formula is C16H21NO2. The van der Waals surface area contributed by atoms with E-state index in [1.807, 2.05) is 26.8 Å². The maximum Gasteiger partial charge on any atom is 0.178 e. The first-order valence-corrected chi connectivity index (χ1v) is 6.98. The molecule has 2 rings (SSSR count). The summed E-state index contributed by atoms with van der Waals surface area (Å²) in [6.45, 7) is 7.76. The molecule has 0 N–H and O–H groups in total. The number of hydrogen-bond acceptors (Lipinski definition) is 3. The Hall–Kier alpha value is -1.43. The maximum atomic E-state index is 12.5. The second kappa shape index (κ2) is 4.30. The Kier molecular flexibility index (Phi) is 3.16.